The second kappa shape index (κ2) is 7.12. The molecule has 0 spiro atoms. The van der Waals surface area contributed by atoms with Crippen LogP contribution in [0.1, 0.15) is 20.3 Å². The highest BCUT2D eigenvalue weighted by atomic mass is 16.5. The zero-order valence-electron chi connectivity index (χ0n) is 10.2. The first kappa shape index (κ1) is 12.8. The maximum Gasteiger partial charge on any atom is 0.142 e. The zero-order valence-corrected chi connectivity index (χ0v) is 10.2. The Morgan fingerprint density at radius 1 is 1.38 bits per heavy atom. The lowest BCUT2D eigenvalue weighted by molar-refractivity contribution is 0.341. The van der Waals surface area contributed by atoms with Crippen molar-refractivity contribution in [3.8, 4) is 5.75 Å². The Hall–Kier alpha value is -1.22. The van der Waals surface area contributed by atoms with E-state index in [-0.39, 0.29) is 0 Å². The molecule has 0 aliphatic heterocycles. The average Bonchev–Trinajstić information content (AvgIpc) is 2.29. The smallest absolute Gasteiger partial charge is 0.142 e. The molecule has 3 N–H and O–H groups in total. The van der Waals surface area contributed by atoms with Crippen molar-refractivity contribution >= 4 is 5.69 Å². The van der Waals surface area contributed by atoms with Crippen LogP contribution in [-0.4, -0.2) is 19.7 Å². The molecule has 16 heavy (non-hydrogen) atoms. The van der Waals surface area contributed by atoms with Gasteiger partial charge in [0.1, 0.15) is 5.75 Å². The zero-order chi connectivity index (χ0) is 11.8. The van der Waals surface area contributed by atoms with Gasteiger partial charge in [-0.1, -0.05) is 19.1 Å². The van der Waals surface area contributed by atoms with Crippen LogP contribution in [0.4, 0.5) is 5.69 Å². The molecule has 90 valence electrons. The highest BCUT2D eigenvalue weighted by molar-refractivity contribution is 5.56. The molecule has 1 aromatic rings. The van der Waals surface area contributed by atoms with Crippen LogP contribution < -0.4 is 15.8 Å². The van der Waals surface area contributed by atoms with E-state index in [1.165, 1.54) is 0 Å². The molecule has 0 heterocycles. The van der Waals surface area contributed by atoms with Gasteiger partial charge < -0.3 is 15.8 Å². The fraction of sp³-hybridized carbons (Fsp3) is 0.538. The minimum atomic E-state index is 0.583. The molecule has 1 atom stereocenters. The molecule has 1 unspecified atom stereocenters. The van der Waals surface area contributed by atoms with Gasteiger partial charge in [-0.05, 0) is 37.9 Å². The Bertz CT molecular complexity index is 302. The van der Waals surface area contributed by atoms with E-state index < -0.39 is 0 Å². The highest BCUT2D eigenvalue weighted by Gasteiger charge is 2.04. The quantitative estimate of drug-likeness (QED) is 0.745. The topological polar surface area (TPSA) is 47.3 Å². The average molecular weight is 222 g/mol. The summed E-state index contributed by atoms with van der Waals surface area (Å²) in [4.78, 5) is 0. The summed E-state index contributed by atoms with van der Waals surface area (Å²) in [6, 6.07) is 8.03. The lowest BCUT2D eigenvalue weighted by Gasteiger charge is -2.15. The van der Waals surface area contributed by atoms with Crippen LogP contribution in [0.2, 0.25) is 0 Å². The minimum Gasteiger partial charge on any atom is -0.492 e. The van der Waals surface area contributed by atoms with Crippen LogP contribution in [0.5, 0.6) is 5.75 Å². The molecular formula is C13H22N2O. The predicted octanol–water partition coefficient (Wildman–Crippen LogP) is 2.48. The van der Waals surface area contributed by atoms with Gasteiger partial charge in [-0.2, -0.15) is 0 Å². The Labute approximate surface area is 98.0 Å². The molecular weight excluding hydrogens is 200 g/mol. The van der Waals surface area contributed by atoms with Crippen molar-refractivity contribution in [2.24, 2.45) is 11.7 Å². The van der Waals surface area contributed by atoms with E-state index in [4.69, 9.17) is 10.5 Å². The van der Waals surface area contributed by atoms with E-state index >= 15 is 0 Å². The largest absolute Gasteiger partial charge is 0.492 e. The van der Waals surface area contributed by atoms with Crippen LogP contribution in [0, 0.1) is 5.92 Å². The minimum absolute atomic E-state index is 0.583. The van der Waals surface area contributed by atoms with Crippen molar-refractivity contribution in [1.29, 1.82) is 0 Å². The molecule has 3 heteroatoms. The summed E-state index contributed by atoms with van der Waals surface area (Å²) < 4.78 is 5.54. The summed E-state index contributed by atoms with van der Waals surface area (Å²) in [6.07, 6.45) is 1.05. The van der Waals surface area contributed by atoms with Crippen LogP contribution >= 0.6 is 0 Å². The van der Waals surface area contributed by atoms with Crippen LogP contribution in [0.25, 0.3) is 0 Å². The van der Waals surface area contributed by atoms with E-state index in [2.05, 4.69) is 12.2 Å². The van der Waals surface area contributed by atoms with Crippen molar-refractivity contribution in [2.75, 3.05) is 25.0 Å². The third kappa shape index (κ3) is 4.11. The van der Waals surface area contributed by atoms with Crippen molar-refractivity contribution in [3.63, 3.8) is 0 Å². The molecule has 0 aromatic heterocycles. The molecule has 3 nitrogen and oxygen atoms in total. The van der Waals surface area contributed by atoms with Gasteiger partial charge in [-0.15, -0.1) is 0 Å². The molecule has 0 saturated carbocycles. The fourth-order valence-corrected chi connectivity index (χ4v) is 1.56. The van der Waals surface area contributed by atoms with Crippen molar-refractivity contribution in [1.82, 2.24) is 0 Å². The molecule has 0 aliphatic rings. The third-order valence-corrected chi connectivity index (χ3v) is 2.49. The molecule has 0 bridgehead atoms. The summed E-state index contributed by atoms with van der Waals surface area (Å²) in [5, 5.41) is 3.40. The number of rotatable bonds is 7. The number of nitrogens with one attached hydrogen (secondary N) is 1. The molecule has 0 saturated heterocycles. The van der Waals surface area contributed by atoms with E-state index in [0.717, 1.165) is 30.9 Å². The second-order valence-corrected chi connectivity index (χ2v) is 3.99. The normalized spacial score (nSPS) is 12.2. The van der Waals surface area contributed by atoms with E-state index in [1.54, 1.807) is 0 Å². The fourth-order valence-electron chi connectivity index (χ4n) is 1.56. The molecule has 1 rings (SSSR count). The molecule has 0 amide bonds. The number of hydrogen-bond donors (Lipinski definition) is 2. The first-order valence-electron chi connectivity index (χ1n) is 5.93. The number of ether oxygens (including phenoxy) is 1. The molecule has 0 aliphatic carbocycles. The van der Waals surface area contributed by atoms with Crippen LogP contribution in [0.15, 0.2) is 24.3 Å². The molecule has 0 fully saturated rings. The highest BCUT2D eigenvalue weighted by Crippen LogP contribution is 2.23. The van der Waals surface area contributed by atoms with Gasteiger partial charge in [0.25, 0.3) is 0 Å². The number of para-hydroxylation sites is 2. The Morgan fingerprint density at radius 2 is 2.12 bits per heavy atom. The number of hydrogen-bond acceptors (Lipinski definition) is 3. The monoisotopic (exact) mass is 222 g/mol. The summed E-state index contributed by atoms with van der Waals surface area (Å²) in [6.45, 7) is 6.56. The van der Waals surface area contributed by atoms with Crippen LogP contribution in [-0.2, 0) is 0 Å². The lowest BCUT2D eigenvalue weighted by atomic mass is 10.1. The van der Waals surface area contributed by atoms with Gasteiger partial charge in [0, 0.05) is 6.54 Å². The number of anilines is 1. The van der Waals surface area contributed by atoms with Gasteiger partial charge in [-0.3, -0.25) is 0 Å². The predicted molar refractivity (Wildman–Crippen MR) is 68.9 cm³/mol. The molecule has 0 radical (unpaired) electrons. The number of nitrogens with two attached hydrogens (primary N) is 1. The molecule has 1 aromatic carbocycles. The summed E-state index contributed by atoms with van der Waals surface area (Å²) in [5.41, 5.74) is 6.59. The summed E-state index contributed by atoms with van der Waals surface area (Å²) in [5.74, 6) is 1.50. The second-order valence-electron chi connectivity index (χ2n) is 3.99. The van der Waals surface area contributed by atoms with Gasteiger partial charge in [0.15, 0.2) is 0 Å². The van der Waals surface area contributed by atoms with Gasteiger partial charge in [-0.25, -0.2) is 0 Å². The lowest BCUT2D eigenvalue weighted by Crippen LogP contribution is -2.15. The SMILES string of the molecule is CCOc1ccccc1NCC(C)CCN. The van der Waals surface area contributed by atoms with Gasteiger partial charge in [0.05, 0.1) is 12.3 Å². The Balaban J connectivity index is 2.52. The van der Waals surface area contributed by atoms with Gasteiger partial charge >= 0.3 is 0 Å². The summed E-state index contributed by atoms with van der Waals surface area (Å²) >= 11 is 0. The Kier molecular flexibility index (Phi) is 5.72. The first-order chi connectivity index (χ1) is 7.77. The van der Waals surface area contributed by atoms with E-state index in [1.807, 2.05) is 31.2 Å². The van der Waals surface area contributed by atoms with Gasteiger partial charge in [0.2, 0.25) is 0 Å². The van der Waals surface area contributed by atoms with Crippen molar-refractivity contribution in [2.45, 2.75) is 20.3 Å². The third-order valence-electron chi connectivity index (χ3n) is 2.49. The standard InChI is InChI=1S/C13H22N2O/c1-3-16-13-7-5-4-6-12(13)15-10-11(2)8-9-14/h4-7,11,15H,3,8-10,14H2,1-2H3. The van der Waals surface area contributed by atoms with E-state index in [0.29, 0.717) is 12.5 Å². The van der Waals surface area contributed by atoms with Crippen molar-refractivity contribution < 1.29 is 4.74 Å². The maximum atomic E-state index is 5.54. The maximum absolute atomic E-state index is 5.54. The Morgan fingerprint density at radius 3 is 2.81 bits per heavy atom. The van der Waals surface area contributed by atoms with Crippen LogP contribution in [0.3, 0.4) is 0 Å². The first-order valence-corrected chi connectivity index (χ1v) is 5.93. The number of benzene rings is 1. The summed E-state index contributed by atoms with van der Waals surface area (Å²) in [7, 11) is 0. The van der Waals surface area contributed by atoms with E-state index in [9.17, 15) is 0 Å². The van der Waals surface area contributed by atoms with Crippen molar-refractivity contribution in [3.05, 3.63) is 24.3 Å².